The Morgan fingerprint density at radius 2 is 2.30 bits per heavy atom. The van der Waals surface area contributed by atoms with Crippen molar-refractivity contribution in [1.82, 2.24) is 4.90 Å². The maximum Gasteiger partial charge on any atom is 0.134 e. The molecule has 2 fully saturated rings. The standard InChI is InChI=1S/C8H13NO/c1-6(10)8-5-9-3-2-7(8)4-9/h7-8H,2-5H2,1H3/t7-,8+/m1/s1. The Kier molecular flexibility index (Phi) is 1.31. The minimum atomic E-state index is 0.383. The number of piperidine rings is 1. The third kappa shape index (κ3) is 0.788. The molecule has 2 nitrogen and oxygen atoms in total. The molecule has 0 N–H and O–H groups in total. The summed E-state index contributed by atoms with van der Waals surface area (Å²) >= 11 is 0. The van der Waals surface area contributed by atoms with Gasteiger partial charge in [-0.25, -0.2) is 0 Å². The van der Waals surface area contributed by atoms with Crippen LogP contribution in [0.2, 0.25) is 0 Å². The fourth-order valence-electron chi connectivity index (χ4n) is 2.24. The van der Waals surface area contributed by atoms with Crippen LogP contribution >= 0.6 is 0 Å². The van der Waals surface area contributed by atoms with Crippen LogP contribution in [-0.2, 0) is 4.79 Å². The van der Waals surface area contributed by atoms with Gasteiger partial charge in [0.05, 0.1) is 0 Å². The average Bonchev–Trinajstić information content (AvgIpc) is 2.44. The van der Waals surface area contributed by atoms with Gasteiger partial charge in [-0.1, -0.05) is 0 Å². The van der Waals surface area contributed by atoms with Gasteiger partial charge < -0.3 is 4.90 Å². The van der Waals surface area contributed by atoms with Crippen molar-refractivity contribution < 1.29 is 4.79 Å². The van der Waals surface area contributed by atoms with Crippen molar-refractivity contribution in [1.29, 1.82) is 0 Å². The lowest BCUT2D eigenvalue weighted by atomic mass is 9.90. The molecule has 2 aliphatic heterocycles. The Bertz CT molecular complexity index is 167. The van der Waals surface area contributed by atoms with Gasteiger partial charge in [0.25, 0.3) is 0 Å². The fourth-order valence-corrected chi connectivity index (χ4v) is 2.24. The normalized spacial score (nSPS) is 44.3. The number of hydrogen-bond donors (Lipinski definition) is 0. The van der Waals surface area contributed by atoms with Gasteiger partial charge in [-0.15, -0.1) is 0 Å². The number of nitrogens with zero attached hydrogens (tertiary/aromatic N) is 1. The topological polar surface area (TPSA) is 20.3 Å². The van der Waals surface area contributed by atoms with E-state index in [2.05, 4.69) is 4.90 Å². The summed E-state index contributed by atoms with van der Waals surface area (Å²) in [6, 6.07) is 0. The van der Waals surface area contributed by atoms with E-state index in [-0.39, 0.29) is 0 Å². The zero-order valence-corrected chi connectivity index (χ0v) is 6.34. The summed E-state index contributed by atoms with van der Waals surface area (Å²) in [5.74, 6) is 1.48. The second kappa shape index (κ2) is 2.06. The molecule has 0 radical (unpaired) electrons. The van der Waals surface area contributed by atoms with Crippen LogP contribution in [0.1, 0.15) is 13.3 Å². The monoisotopic (exact) mass is 139 g/mol. The molecule has 2 rings (SSSR count). The van der Waals surface area contributed by atoms with E-state index in [0.717, 1.165) is 6.54 Å². The van der Waals surface area contributed by atoms with E-state index in [4.69, 9.17) is 0 Å². The fraction of sp³-hybridized carbons (Fsp3) is 0.875. The van der Waals surface area contributed by atoms with Crippen molar-refractivity contribution in [3.63, 3.8) is 0 Å². The lowest BCUT2D eigenvalue weighted by Gasteiger charge is -2.18. The number of carbonyl (C=O) groups excluding carboxylic acids is 1. The smallest absolute Gasteiger partial charge is 0.134 e. The molecule has 0 aromatic heterocycles. The van der Waals surface area contributed by atoms with Crippen molar-refractivity contribution >= 4 is 5.78 Å². The lowest BCUT2D eigenvalue weighted by molar-refractivity contribution is -0.121. The third-order valence-electron chi connectivity index (χ3n) is 2.85. The van der Waals surface area contributed by atoms with E-state index in [0.29, 0.717) is 17.6 Å². The molecule has 0 amide bonds. The van der Waals surface area contributed by atoms with Crippen LogP contribution in [0, 0.1) is 11.8 Å². The molecule has 1 unspecified atom stereocenters. The van der Waals surface area contributed by atoms with Crippen LogP contribution in [-0.4, -0.2) is 30.3 Å². The second-order valence-corrected chi connectivity index (χ2v) is 3.53. The zero-order chi connectivity index (χ0) is 7.14. The molecule has 0 aromatic carbocycles. The lowest BCUT2D eigenvalue weighted by Crippen LogP contribution is -2.27. The van der Waals surface area contributed by atoms with Crippen molar-refractivity contribution in [2.45, 2.75) is 13.3 Å². The molecule has 0 saturated carbocycles. The predicted molar refractivity (Wildman–Crippen MR) is 38.7 cm³/mol. The highest BCUT2D eigenvalue weighted by molar-refractivity contribution is 5.79. The Hall–Kier alpha value is -0.370. The number of rotatable bonds is 1. The number of ketones is 1. The molecule has 2 aliphatic rings. The summed E-state index contributed by atoms with van der Waals surface area (Å²) in [5.41, 5.74) is 0. The second-order valence-electron chi connectivity index (χ2n) is 3.53. The molecule has 0 aliphatic carbocycles. The molecule has 2 heterocycles. The first-order valence-corrected chi connectivity index (χ1v) is 4.00. The Morgan fingerprint density at radius 1 is 1.50 bits per heavy atom. The molecule has 2 bridgehead atoms. The molecule has 0 aromatic rings. The highest BCUT2D eigenvalue weighted by atomic mass is 16.1. The average molecular weight is 139 g/mol. The van der Waals surface area contributed by atoms with Crippen LogP contribution in [0.4, 0.5) is 0 Å². The molecule has 56 valence electrons. The summed E-state index contributed by atoms with van der Waals surface area (Å²) in [6.07, 6.45) is 1.25. The molecular weight excluding hydrogens is 126 g/mol. The van der Waals surface area contributed by atoms with Crippen molar-refractivity contribution in [2.75, 3.05) is 19.6 Å². The zero-order valence-electron chi connectivity index (χ0n) is 6.34. The number of hydrogen-bond acceptors (Lipinski definition) is 2. The molecule has 2 heteroatoms. The van der Waals surface area contributed by atoms with Gasteiger partial charge in [-0.05, 0) is 25.8 Å². The minimum Gasteiger partial charge on any atom is -0.302 e. The van der Waals surface area contributed by atoms with Crippen LogP contribution in [0.5, 0.6) is 0 Å². The van der Waals surface area contributed by atoms with Crippen LogP contribution in [0.15, 0.2) is 0 Å². The van der Waals surface area contributed by atoms with Gasteiger partial charge in [0.2, 0.25) is 0 Å². The summed E-state index contributed by atoms with van der Waals surface area (Å²) in [7, 11) is 0. The first-order valence-electron chi connectivity index (χ1n) is 4.00. The molecule has 10 heavy (non-hydrogen) atoms. The number of Topliss-reactive ketones (excluding diaryl/α,β-unsaturated/α-hetero) is 1. The molecule has 0 spiro atoms. The largest absolute Gasteiger partial charge is 0.302 e. The predicted octanol–water partition coefficient (Wildman–Crippen LogP) is 0.527. The van der Waals surface area contributed by atoms with Gasteiger partial charge in [0, 0.05) is 19.0 Å². The van der Waals surface area contributed by atoms with Gasteiger partial charge in [-0.3, -0.25) is 4.79 Å². The van der Waals surface area contributed by atoms with Crippen LogP contribution < -0.4 is 0 Å². The highest BCUT2D eigenvalue weighted by Crippen LogP contribution is 2.32. The van der Waals surface area contributed by atoms with E-state index in [1.54, 1.807) is 6.92 Å². The van der Waals surface area contributed by atoms with E-state index in [1.165, 1.54) is 19.5 Å². The molecule has 2 saturated heterocycles. The van der Waals surface area contributed by atoms with Crippen molar-refractivity contribution in [3.05, 3.63) is 0 Å². The molecule has 3 atom stereocenters. The summed E-state index contributed by atoms with van der Waals surface area (Å²) in [4.78, 5) is 13.4. The summed E-state index contributed by atoms with van der Waals surface area (Å²) in [5, 5.41) is 0. The van der Waals surface area contributed by atoms with Crippen molar-refractivity contribution in [2.24, 2.45) is 11.8 Å². The molecular formula is C8H13NO. The number of fused-ring (bicyclic) bond motifs is 2. The van der Waals surface area contributed by atoms with E-state index in [9.17, 15) is 4.79 Å². The van der Waals surface area contributed by atoms with Gasteiger partial charge in [0.1, 0.15) is 5.78 Å². The van der Waals surface area contributed by atoms with Crippen molar-refractivity contribution in [3.8, 4) is 0 Å². The van der Waals surface area contributed by atoms with Gasteiger partial charge in [0.15, 0.2) is 0 Å². The summed E-state index contributed by atoms with van der Waals surface area (Å²) < 4.78 is 0. The van der Waals surface area contributed by atoms with Crippen LogP contribution in [0.3, 0.4) is 0 Å². The summed E-state index contributed by atoms with van der Waals surface area (Å²) in [6.45, 7) is 5.19. The SMILES string of the molecule is CC(=O)[C@@H]1CN2CC[C@@H]1C2. The third-order valence-corrected chi connectivity index (χ3v) is 2.85. The van der Waals surface area contributed by atoms with Gasteiger partial charge >= 0.3 is 0 Å². The first-order chi connectivity index (χ1) is 4.77. The Labute approximate surface area is 61.2 Å². The first kappa shape index (κ1) is 6.35. The minimum absolute atomic E-state index is 0.383. The Morgan fingerprint density at radius 3 is 2.60 bits per heavy atom. The maximum atomic E-state index is 11.0. The van der Waals surface area contributed by atoms with Gasteiger partial charge in [-0.2, -0.15) is 0 Å². The quantitative estimate of drug-likeness (QED) is 0.528. The van der Waals surface area contributed by atoms with Crippen LogP contribution in [0.25, 0.3) is 0 Å². The van der Waals surface area contributed by atoms with E-state index < -0.39 is 0 Å². The highest BCUT2D eigenvalue weighted by Gasteiger charge is 2.39. The Balaban J connectivity index is 2.08. The maximum absolute atomic E-state index is 11.0. The van der Waals surface area contributed by atoms with E-state index in [1.807, 2.05) is 0 Å². The van der Waals surface area contributed by atoms with E-state index >= 15 is 0 Å². The number of carbonyl (C=O) groups is 1.